The second kappa shape index (κ2) is 8.23. The van der Waals surface area contributed by atoms with Crippen LogP contribution < -0.4 is 29.6 Å². The van der Waals surface area contributed by atoms with Crippen molar-refractivity contribution < 1.29 is 50.7 Å². The quantitative estimate of drug-likeness (QED) is 0.258. The molecule has 0 aromatic carbocycles. The van der Waals surface area contributed by atoms with Gasteiger partial charge in [-0.05, 0) is 0 Å². The van der Waals surface area contributed by atoms with Crippen molar-refractivity contribution >= 4 is 5.97 Å². The normalized spacial score (nSPS) is 11.1. The third kappa shape index (κ3) is 8.03. The topological polar surface area (TPSA) is 66.8 Å². The zero-order valence-electron chi connectivity index (χ0n) is 7.49. The van der Waals surface area contributed by atoms with E-state index in [0.717, 1.165) is 6.08 Å². The Morgan fingerprint density at radius 2 is 2.36 bits per heavy atom. The molecule has 0 bridgehead atoms. The van der Waals surface area contributed by atoms with Crippen LogP contribution >= 0.6 is 0 Å². The molecule has 5 heteroatoms. The van der Waals surface area contributed by atoms with Crippen molar-refractivity contribution in [1.29, 1.82) is 0 Å². The summed E-state index contributed by atoms with van der Waals surface area (Å²) >= 11 is 0. The minimum atomic E-state index is -0.996. The van der Waals surface area contributed by atoms with Gasteiger partial charge in [0.2, 0.25) is 0 Å². The first-order valence-electron chi connectivity index (χ1n) is 2.78. The van der Waals surface area contributed by atoms with E-state index in [2.05, 4.69) is 11.3 Å². The average molecular weight is 170 g/mol. The van der Waals surface area contributed by atoms with E-state index < -0.39 is 18.7 Å². The Morgan fingerprint density at radius 3 is 2.73 bits per heavy atom. The molecule has 0 heterocycles. The van der Waals surface area contributed by atoms with Crippen LogP contribution in [0.3, 0.4) is 0 Å². The van der Waals surface area contributed by atoms with Crippen molar-refractivity contribution in [2.45, 2.75) is 6.10 Å². The molecule has 0 spiro atoms. The molecular weight excluding hydrogens is 159 g/mol. The minimum absolute atomic E-state index is 0. The molecule has 0 amide bonds. The molecule has 0 rings (SSSR count). The van der Waals surface area contributed by atoms with Gasteiger partial charge in [-0.15, -0.1) is 0 Å². The maximum atomic E-state index is 10.3. The standard InChI is InChI=1S/C6H10O4.Na.H/c1-2-6(9)10-4-5(8)3-7;;/h2,5,7-8H,1,3-4H2;;/q;+1;-1. The molecule has 0 aliphatic heterocycles. The van der Waals surface area contributed by atoms with Gasteiger partial charge in [-0.25, -0.2) is 4.79 Å². The van der Waals surface area contributed by atoms with Gasteiger partial charge in [-0.2, -0.15) is 0 Å². The second-order valence-electron chi connectivity index (χ2n) is 1.67. The fourth-order valence-electron chi connectivity index (χ4n) is 0.290. The van der Waals surface area contributed by atoms with Gasteiger partial charge >= 0.3 is 35.5 Å². The molecule has 0 aromatic heterocycles. The van der Waals surface area contributed by atoms with Gasteiger partial charge in [0, 0.05) is 6.08 Å². The van der Waals surface area contributed by atoms with Crippen LogP contribution in [0.25, 0.3) is 0 Å². The van der Waals surface area contributed by atoms with Crippen molar-refractivity contribution in [2.75, 3.05) is 13.2 Å². The van der Waals surface area contributed by atoms with Crippen LogP contribution in [0.1, 0.15) is 1.43 Å². The van der Waals surface area contributed by atoms with Crippen LogP contribution in [-0.2, 0) is 9.53 Å². The number of carbonyl (C=O) groups excluding carboxylic acids is 1. The third-order valence-electron chi connectivity index (χ3n) is 0.795. The minimum Gasteiger partial charge on any atom is -1.00 e. The molecule has 0 aromatic rings. The Hall–Kier alpha value is 0.130. The van der Waals surface area contributed by atoms with E-state index in [4.69, 9.17) is 10.2 Å². The zero-order chi connectivity index (χ0) is 7.98. The van der Waals surface area contributed by atoms with Crippen LogP contribution in [0.15, 0.2) is 12.7 Å². The number of aliphatic hydroxyl groups excluding tert-OH is 2. The number of rotatable bonds is 4. The van der Waals surface area contributed by atoms with Crippen molar-refractivity contribution in [3.05, 3.63) is 12.7 Å². The smallest absolute Gasteiger partial charge is 1.00 e. The van der Waals surface area contributed by atoms with Gasteiger partial charge in [0.25, 0.3) is 0 Å². The summed E-state index contributed by atoms with van der Waals surface area (Å²) in [6.45, 7) is 2.54. The number of ether oxygens (including phenoxy) is 1. The molecule has 60 valence electrons. The molecule has 1 atom stereocenters. The summed E-state index contributed by atoms with van der Waals surface area (Å²) in [5, 5.41) is 16.9. The zero-order valence-corrected chi connectivity index (χ0v) is 8.49. The average Bonchev–Trinajstić information content (AvgIpc) is 1.99. The van der Waals surface area contributed by atoms with E-state index in [9.17, 15) is 4.79 Å². The van der Waals surface area contributed by atoms with Crippen LogP contribution in [-0.4, -0.2) is 35.5 Å². The van der Waals surface area contributed by atoms with Crippen molar-refractivity contribution in [2.24, 2.45) is 0 Å². The van der Waals surface area contributed by atoms with Crippen molar-refractivity contribution in [1.82, 2.24) is 0 Å². The Balaban J connectivity index is -0.000000405. The summed E-state index contributed by atoms with van der Waals surface area (Å²) in [4.78, 5) is 10.3. The summed E-state index contributed by atoms with van der Waals surface area (Å²) < 4.78 is 4.38. The van der Waals surface area contributed by atoms with Gasteiger partial charge < -0.3 is 16.4 Å². The van der Waals surface area contributed by atoms with Crippen LogP contribution in [0.4, 0.5) is 0 Å². The number of hydrogen-bond acceptors (Lipinski definition) is 4. The fraction of sp³-hybridized carbons (Fsp3) is 0.500. The molecule has 0 aliphatic carbocycles. The Bertz CT molecular complexity index is 131. The summed E-state index contributed by atoms with van der Waals surface area (Å²) in [5.41, 5.74) is 0. The fourth-order valence-corrected chi connectivity index (χ4v) is 0.290. The summed E-state index contributed by atoms with van der Waals surface area (Å²) in [5.74, 6) is -0.604. The van der Waals surface area contributed by atoms with E-state index in [-0.39, 0.29) is 37.6 Å². The first-order chi connectivity index (χ1) is 4.70. The predicted molar refractivity (Wildman–Crippen MR) is 35.4 cm³/mol. The molecule has 11 heavy (non-hydrogen) atoms. The Morgan fingerprint density at radius 1 is 1.82 bits per heavy atom. The third-order valence-corrected chi connectivity index (χ3v) is 0.795. The molecule has 0 radical (unpaired) electrons. The second-order valence-corrected chi connectivity index (χ2v) is 1.67. The molecule has 1 unspecified atom stereocenters. The molecule has 0 aliphatic rings. The van der Waals surface area contributed by atoms with E-state index in [0.29, 0.717) is 0 Å². The van der Waals surface area contributed by atoms with E-state index >= 15 is 0 Å². The monoisotopic (exact) mass is 170 g/mol. The van der Waals surface area contributed by atoms with Gasteiger partial charge in [-0.3, -0.25) is 0 Å². The van der Waals surface area contributed by atoms with Crippen LogP contribution in [0.2, 0.25) is 0 Å². The molecule has 4 nitrogen and oxygen atoms in total. The van der Waals surface area contributed by atoms with E-state index in [1.165, 1.54) is 0 Å². The molecule has 0 saturated heterocycles. The van der Waals surface area contributed by atoms with E-state index in [1.807, 2.05) is 0 Å². The maximum Gasteiger partial charge on any atom is 1.00 e. The first-order valence-corrected chi connectivity index (χ1v) is 2.78. The van der Waals surface area contributed by atoms with Crippen molar-refractivity contribution in [3.8, 4) is 0 Å². The molecule has 0 saturated carbocycles. The summed E-state index contributed by atoms with van der Waals surface area (Å²) in [6, 6.07) is 0. The Labute approximate surface area is 88.6 Å². The molecular formula is C6H11NaO4. The Kier molecular flexibility index (Phi) is 10.2. The summed E-state index contributed by atoms with van der Waals surface area (Å²) in [6.07, 6.45) is -0.00622. The van der Waals surface area contributed by atoms with Gasteiger partial charge in [0.05, 0.1) is 6.61 Å². The van der Waals surface area contributed by atoms with Crippen molar-refractivity contribution in [3.63, 3.8) is 0 Å². The largest absolute Gasteiger partial charge is 1.00 e. The van der Waals surface area contributed by atoms with Gasteiger partial charge in [0.15, 0.2) is 0 Å². The van der Waals surface area contributed by atoms with Crippen LogP contribution in [0, 0.1) is 0 Å². The maximum absolute atomic E-state index is 10.3. The SMILES string of the molecule is C=CC(=O)OCC(O)CO.[H-].[Na+]. The molecule has 2 N–H and O–H groups in total. The van der Waals surface area contributed by atoms with Crippen LogP contribution in [0.5, 0.6) is 0 Å². The first kappa shape index (κ1) is 13.7. The van der Waals surface area contributed by atoms with E-state index in [1.54, 1.807) is 0 Å². The number of esters is 1. The van der Waals surface area contributed by atoms with Gasteiger partial charge in [-0.1, -0.05) is 6.58 Å². The molecule has 0 fully saturated rings. The summed E-state index contributed by atoms with van der Waals surface area (Å²) in [7, 11) is 0. The predicted octanol–water partition coefficient (Wildman–Crippen LogP) is -3.81. The number of aliphatic hydroxyl groups is 2. The van der Waals surface area contributed by atoms with Gasteiger partial charge in [0.1, 0.15) is 12.7 Å². The number of hydrogen-bond donors (Lipinski definition) is 2. The number of carbonyl (C=O) groups is 1.